The van der Waals surface area contributed by atoms with E-state index in [1.165, 1.54) is 0 Å². The van der Waals surface area contributed by atoms with Crippen LogP contribution in [0.4, 0.5) is 0 Å². The van der Waals surface area contributed by atoms with E-state index in [1.807, 2.05) is 24.3 Å². The molecule has 2 aromatic rings. The molecule has 0 aliphatic carbocycles. The summed E-state index contributed by atoms with van der Waals surface area (Å²) in [5.74, 6) is 0. The van der Waals surface area contributed by atoms with E-state index < -0.39 is 0 Å². The molecule has 0 N–H and O–H groups in total. The van der Waals surface area contributed by atoms with Gasteiger partial charge in [0, 0.05) is 10.4 Å². The lowest BCUT2D eigenvalue weighted by molar-refractivity contribution is 0.584. The first-order valence-corrected chi connectivity index (χ1v) is 4.56. The lowest BCUT2D eigenvalue weighted by Gasteiger charge is -1.87. The molecule has 0 atom stereocenters. The summed E-state index contributed by atoms with van der Waals surface area (Å²) in [4.78, 5) is 0. The van der Waals surface area contributed by atoms with Gasteiger partial charge >= 0.3 is 0 Å². The van der Waals surface area contributed by atoms with Crippen molar-refractivity contribution in [3.63, 3.8) is 0 Å². The number of hydrogen-bond acceptors (Lipinski definition) is 1. The third-order valence-electron chi connectivity index (χ3n) is 1.45. The maximum Gasteiger partial charge on any atom is 0.165 e. The summed E-state index contributed by atoms with van der Waals surface area (Å²) in [7, 11) is 0. The fourth-order valence-electron chi connectivity index (χ4n) is 0.982. The van der Waals surface area contributed by atoms with E-state index in [2.05, 4.69) is 22.6 Å². The van der Waals surface area contributed by atoms with Gasteiger partial charge in [-0.05, 0) is 46.9 Å². The molecule has 0 spiro atoms. The summed E-state index contributed by atoms with van der Waals surface area (Å²) in [5.41, 5.74) is 0.888. The Morgan fingerprint density at radius 2 is 2.09 bits per heavy atom. The minimum atomic E-state index is 0.745. The van der Waals surface area contributed by atoms with Crippen molar-refractivity contribution in [2.24, 2.45) is 0 Å². The van der Waals surface area contributed by atoms with Crippen molar-refractivity contribution in [3.8, 4) is 0 Å². The highest BCUT2D eigenvalue weighted by atomic mass is 127. The molecule has 3 heteroatoms. The Hall–Kier alpha value is -0.220. The molecule has 1 aromatic heterocycles. The highest BCUT2D eigenvalue weighted by molar-refractivity contribution is 14.1. The molecule has 11 heavy (non-hydrogen) atoms. The number of halogens is 2. The van der Waals surface area contributed by atoms with Crippen LogP contribution in [0.25, 0.3) is 11.0 Å². The van der Waals surface area contributed by atoms with E-state index in [-0.39, 0.29) is 0 Å². The van der Waals surface area contributed by atoms with Crippen LogP contribution in [0.5, 0.6) is 0 Å². The summed E-state index contributed by atoms with van der Waals surface area (Å²) in [6.45, 7) is 0. The van der Waals surface area contributed by atoms with Gasteiger partial charge in [0.25, 0.3) is 0 Å². The summed E-state index contributed by atoms with van der Waals surface area (Å²) >= 11 is 7.92. The van der Waals surface area contributed by atoms with Gasteiger partial charge in [-0.3, -0.25) is 0 Å². The number of benzene rings is 1. The van der Waals surface area contributed by atoms with Gasteiger partial charge in [-0.1, -0.05) is 11.6 Å². The molecule has 1 nitrogen and oxygen atoms in total. The molecule has 0 bridgehead atoms. The van der Waals surface area contributed by atoms with Crippen LogP contribution in [0.2, 0.25) is 5.02 Å². The van der Waals surface area contributed by atoms with Crippen molar-refractivity contribution < 1.29 is 4.42 Å². The molecule has 0 aliphatic heterocycles. The first-order chi connectivity index (χ1) is 5.25. The number of fused-ring (bicyclic) bond motifs is 1. The van der Waals surface area contributed by atoms with Crippen LogP contribution >= 0.6 is 34.2 Å². The smallest absolute Gasteiger partial charge is 0.165 e. The highest BCUT2D eigenvalue weighted by Gasteiger charge is 1.99. The van der Waals surface area contributed by atoms with Gasteiger partial charge in [-0.2, -0.15) is 0 Å². The maximum atomic E-state index is 5.78. The third kappa shape index (κ3) is 1.37. The second-order valence-corrected chi connectivity index (χ2v) is 3.73. The Bertz CT molecular complexity index is 394. The predicted octanol–water partition coefficient (Wildman–Crippen LogP) is 3.69. The monoisotopic (exact) mass is 278 g/mol. The fourth-order valence-corrected chi connectivity index (χ4v) is 1.74. The van der Waals surface area contributed by atoms with Crippen molar-refractivity contribution in [1.29, 1.82) is 0 Å². The van der Waals surface area contributed by atoms with Crippen molar-refractivity contribution in [2.45, 2.75) is 0 Å². The molecule has 0 aliphatic rings. The number of furan rings is 1. The van der Waals surface area contributed by atoms with Gasteiger partial charge in [-0.25, -0.2) is 0 Å². The summed E-state index contributed by atoms with van der Waals surface area (Å²) in [6.07, 6.45) is 0. The molecule has 0 unspecified atom stereocenters. The predicted molar refractivity (Wildman–Crippen MR) is 53.9 cm³/mol. The van der Waals surface area contributed by atoms with Crippen LogP contribution in [0.1, 0.15) is 0 Å². The van der Waals surface area contributed by atoms with Crippen LogP contribution in [0, 0.1) is 3.77 Å². The highest BCUT2D eigenvalue weighted by Crippen LogP contribution is 2.23. The van der Waals surface area contributed by atoms with Crippen molar-refractivity contribution >= 4 is 45.2 Å². The largest absolute Gasteiger partial charge is 0.450 e. The second-order valence-electron chi connectivity index (χ2n) is 2.23. The maximum absolute atomic E-state index is 5.78. The van der Waals surface area contributed by atoms with Crippen molar-refractivity contribution in [2.75, 3.05) is 0 Å². The Labute approximate surface area is 82.5 Å². The van der Waals surface area contributed by atoms with Crippen LogP contribution in [-0.2, 0) is 0 Å². The Morgan fingerprint density at radius 3 is 2.91 bits per heavy atom. The van der Waals surface area contributed by atoms with Gasteiger partial charge in [-0.15, -0.1) is 0 Å². The zero-order chi connectivity index (χ0) is 7.84. The van der Waals surface area contributed by atoms with Crippen molar-refractivity contribution in [3.05, 3.63) is 33.1 Å². The molecule has 2 rings (SSSR count). The Balaban J connectivity index is 2.82. The van der Waals surface area contributed by atoms with E-state index in [0.717, 1.165) is 19.8 Å². The average Bonchev–Trinajstić information content (AvgIpc) is 2.27. The molecule has 0 radical (unpaired) electrons. The standard InChI is InChI=1S/C8H4ClIO/c9-6-1-2-7-5(3-6)4-8(10)11-7/h1-4H. The number of hydrogen-bond donors (Lipinski definition) is 0. The van der Waals surface area contributed by atoms with Crippen LogP contribution in [0.15, 0.2) is 28.7 Å². The minimum absolute atomic E-state index is 0.745. The first-order valence-electron chi connectivity index (χ1n) is 3.10. The van der Waals surface area contributed by atoms with Crippen LogP contribution in [0.3, 0.4) is 0 Å². The van der Waals surface area contributed by atoms with Crippen molar-refractivity contribution in [1.82, 2.24) is 0 Å². The molecule has 0 saturated heterocycles. The van der Waals surface area contributed by atoms with E-state index in [1.54, 1.807) is 0 Å². The van der Waals surface area contributed by atoms with Crippen LogP contribution in [-0.4, -0.2) is 0 Å². The van der Waals surface area contributed by atoms with E-state index in [4.69, 9.17) is 16.0 Å². The second kappa shape index (κ2) is 2.68. The molecule has 0 amide bonds. The van der Waals surface area contributed by atoms with Gasteiger partial charge in [0.1, 0.15) is 5.58 Å². The third-order valence-corrected chi connectivity index (χ3v) is 2.21. The molecular weight excluding hydrogens is 274 g/mol. The van der Waals surface area contributed by atoms with Gasteiger partial charge in [0.2, 0.25) is 0 Å². The first kappa shape index (κ1) is 7.43. The normalized spacial score (nSPS) is 10.7. The quantitative estimate of drug-likeness (QED) is 0.670. The lowest BCUT2D eigenvalue weighted by Crippen LogP contribution is -1.62. The zero-order valence-corrected chi connectivity index (χ0v) is 8.39. The number of rotatable bonds is 0. The Morgan fingerprint density at radius 1 is 1.27 bits per heavy atom. The van der Waals surface area contributed by atoms with Gasteiger partial charge in [0.15, 0.2) is 3.77 Å². The molecule has 0 fully saturated rings. The topological polar surface area (TPSA) is 13.1 Å². The average molecular weight is 278 g/mol. The fraction of sp³-hybridized carbons (Fsp3) is 0. The summed E-state index contributed by atoms with van der Waals surface area (Å²) < 4.78 is 6.24. The lowest BCUT2D eigenvalue weighted by atomic mass is 10.3. The molecule has 1 aromatic carbocycles. The van der Waals surface area contributed by atoms with E-state index in [0.29, 0.717) is 0 Å². The molecule has 56 valence electrons. The Kier molecular flexibility index (Phi) is 1.81. The summed E-state index contributed by atoms with van der Waals surface area (Å²) in [5, 5.41) is 1.80. The van der Waals surface area contributed by atoms with E-state index in [9.17, 15) is 0 Å². The minimum Gasteiger partial charge on any atom is -0.450 e. The zero-order valence-electron chi connectivity index (χ0n) is 5.47. The summed E-state index contributed by atoms with van der Waals surface area (Å²) in [6, 6.07) is 7.55. The van der Waals surface area contributed by atoms with E-state index >= 15 is 0 Å². The van der Waals surface area contributed by atoms with Crippen LogP contribution < -0.4 is 0 Å². The molecule has 0 saturated carbocycles. The molecular formula is C8H4ClIO. The van der Waals surface area contributed by atoms with Gasteiger partial charge < -0.3 is 4.42 Å². The SMILES string of the molecule is Clc1ccc2oc(I)cc2c1. The molecule has 1 heterocycles. The van der Waals surface area contributed by atoms with Gasteiger partial charge in [0.05, 0.1) is 0 Å².